The van der Waals surface area contributed by atoms with E-state index in [0.717, 1.165) is 0 Å². The summed E-state index contributed by atoms with van der Waals surface area (Å²) in [5.74, 6) is -1.87. The fraction of sp³-hybridized carbons (Fsp3) is 0.818. The van der Waals surface area contributed by atoms with Gasteiger partial charge in [0.2, 0.25) is 10.0 Å². The molecule has 1 atom stereocenters. The summed E-state index contributed by atoms with van der Waals surface area (Å²) in [6.45, 7) is 5.61. The minimum atomic E-state index is -3.37. The van der Waals surface area contributed by atoms with Crippen LogP contribution < -0.4 is 10.0 Å². The molecule has 0 bridgehead atoms. The second-order valence-corrected chi connectivity index (χ2v) is 6.25. The molecule has 0 aliphatic rings. The highest BCUT2D eigenvalue weighted by Gasteiger charge is 2.19. The van der Waals surface area contributed by atoms with Crippen LogP contribution in [-0.4, -0.2) is 62.4 Å². The minimum Gasteiger partial charge on any atom is -0.481 e. The zero-order chi connectivity index (χ0) is 15.8. The van der Waals surface area contributed by atoms with Crippen molar-refractivity contribution in [3.05, 3.63) is 0 Å². The highest BCUT2D eigenvalue weighted by molar-refractivity contribution is 7.89. The molecule has 0 spiro atoms. The van der Waals surface area contributed by atoms with Crippen LogP contribution in [0.4, 0.5) is 4.79 Å². The topological polar surface area (TPSA) is 116 Å². The van der Waals surface area contributed by atoms with E-state index in [2.05, 4.69) is 10.0 Å². The SMILES string of the molecule is CCNS(=O)(=O)CCNC(=O)N(CC)CC(C)C(=O)O. The lowest BCUT2D eigenvalue weighted by molar-refractivity contribution is -0.141. The average Bonchev–Trinajstić information content (AvgIpc) is 2.34. The second kappa shape index (κ2) is 8.75. The lowest BCUT2D eigenvalue weighted by atomic mass is 10.2. The van der Waals surface area contributed by atoms with Crippen molar-refractivity contribution < 1.29 is 23.1 Å². The Labute approximate surface area is 119 Å². The van der Waals surface area contributed by atoms with Crippen LogP contribution >= 0.6 is 0 Å². The molecule has 1 unspecified atom stereocenters. The molecule has 0 aromatic carbocycles. The summed E-state index contributed by atoms with van der Waals surface area (Å²) in [6.07, 6.45) is 0. The Kier molecular flexibility index (Phi) is 8.16. The van der Waals surface area contributed by atoms with Gasteiger partial charge in [0.25, 0.3) is 0 Å². The van der Waals surface area contributed by atoms with E-state index >= 15 is 0 Å². The van der Waals surface area contributed by atoms with Gasteiger partial charge in [0.1, 0.15) is 0 Å². The van der Waals surface area contributed by atoms with Crippen molar-refractivity contribution in [3.63, 3.8) is 0 Å². The number of nitrogens with zero attached hydrogens (tertiary/aromatic N) is 1. The zero-order valence-corrected chi connectivity index (χ0v) is 12.9. The molecule has 0 saturated carbocycles. The van der Waals surface area contributed by atoms with E-state index < -0.39 is 27.9 Å². The predicted octanol–water partition coefficient (Wildman–Crippen LogP) is -0.322. The molecule has 9 heteroatoms. The van der Waals surface area contributed by atoms with Crippen LogP contribution in [0.5, 0.6) is 0 Å². The Hall–Kier alpha value is -1.35. The molecule has 20 heavy (non-hydrogen) atoms. The van der Waals surface area contributed by atoms with Gasteiger partial charge < -0.3 is 15.3 Å². The zero-order valence-electron chi connectivity index (χ0n) is 12.0. The van der Waals surface area contributed by atoms with Crippen LogP contribution in [0, 0.1) is 5.92 Å². The summed E-state index contributed by atoms with van der Waals surface area (Å²) in [4.78, 5) is 23.9. The number of urea groups is 1. The Morgan fingerprint density at radius 2 is 1.90 bits per heavy atom. The van der Waals surface area contributed by atoms with Crippen molar-refractivity contribution >= 4 is 22.0 Å². The summed E-state index contributed by atoms with van der Waals surface area (Å²) < 4.78 is 25.0. The first-order valence-electron chi connectivity index (χ1n) is 6.46. The van der Waals surface area contributed by atoms with E-state index in [0.29, 0.717) is 13.1 Å². The average molecular weight is 309 g/mol. The molecule has 0 rings (SSSR count). The number of carbonyl (C=O) groups is 2. The number of nitrogens with one attached hydrogen (secondary N) is 2. The summed E-state index contributed by atoms with van der Waals surface area (Å²) >= 11 is 0. The predicted molar refractivity (Wildman–Crippen MR) is 74.9 cm³/mol. The van der Waals surface area contributed by atoms with Gasteiger partial charge in [0.05, 0.1) is 11.7 Å². The molecule has 118 valence electrons. The first kappa shape index (κ1) is 18.7. The first-order valence-corrected chi connectivity index (χ1v) is 8.11. The molecule has 0 aromatic rings. The number of carbonyl (C=O) groups excluding carboxylic acids is 1. The molecule has 0 saturated heterocycles. The van der Waals surface area contributed by atoms with Gasteiger partial charge in [-0.25, -0.2) is 17.9 Å². The van der Waals surface area contributed by atoms with Gasteiger partial charge in [-0.05, 0) is 6.92 Å². The molecular formula is C11H23N3O5S. The van der Waals surface area contributed by atoms with E-state index in [1.54, 1.807) is 13.8 Å². The van der Waals surface area contributed by atoms with Crippen molar-refractivity contribution in [3.8, 4) is 0 Å². The Morgan fingerprint density at radius 3 is 2.35 bits per heavy atom. The first-order chi connectivity index (χ1) is 9.23. The molecular weight excluding hydrogens is 286 g/mol. The number of carboxylic acid groups (broad SMARTS) is 1. The van der Waals surface area contributed by atoms with Crippen LogP contribution in [0.15, 0.2) is 0 Å². The molecule has 0 aliphatic carbocycles. The number of aliphatic carboxylic acids is 1. The quantitative estimate of drug-likeness (QED) is 0.540. The number of amides is 2. The number of hydrogen-bond donors (Lipinski definition) is 3. The molecule has 3 N–H and O–H groups in total. The molecule has 0 aromatic heterocycles. The van der Waals surface area contributed by atoms with Crippen molar-refractivity contribution in [2.45, 2.75) is 20.8 Å². The van der Waals surface area contributed by atoms with E-state index in [1.807, 2.05) is 0 Å². The van der Waals surface area contributed by atoms with Crippen LogP contribution in [0.2, 0.25) is 0 Å². The molecule has 0 heterocycles. The number of rotatable bonds is 9. The molecule has 2 amide bonds. The molecule has 8 nitrogen and oxygen atoms in total. The van der Waals surface area contributed by atoms with Crippen LogP contribution in [0.3, 0.4) is 0 Å². The fourth-order valence-electron chi connectivity index (χ4n) is 1.46. The maximum atomic E-state index is 11.8. The number of carboxylic acids is 1. The second-order valence-electron chi connectivity index (χ2n) is 4.33. The van der Waals surface area contributed by atoms with E-state index in [4.69, 9.17) is 5.11 Å². The van der Waals surface area contributed by atoms with Crippen molar-refractivity contribution in [2.75, 3.05) is 31.9 Å². The third-order valence-electron chi connectivity index (χ3n) is 2.60. The molecule has 0 fully saturated rings. The lowest BCUT2D eigenvalue weighted by Crippen LogP contribution is -2.45. The minimum absolute atomic E-state index is 0.0217. The monoisotopic (exact) mass is 309 g/mol. The van der Waals surface area contributed by atoms with Crippen molar-refractivity contribution in [2.24, 2.45) is 5.92 Å². The van der Waals surface area contributed by atoms with Gasteiger partial charge in [-0.1, -0.05) is 13.8 Å². The Morgan fingerprint density at radius 1 is 1.30 bits per heavy atom. The van der Waals surface area contributed by atoms with Crippen LogP contribution in [0.25, 0.3) is 0 Å². The smallest absolute Gasteiger partial charge is 0.317 e. The van der Waals surface area contributed by atoms with Crippen molar-refractivity contribution in [1.82, 2.24) is 14.9 Å². The van der Waals surface area contributed by atoms with Crippen LogP contribution in [0.1, 0.15) is 20.8 Å². The summed E-state index contributed by atoms with van der Waals surface area (Å²) in [7, 11) is -3.37. The van der Waals surface area contributed by atoms with Crippen molar-refractivity contribution in [1.29, 1.82) is 0 Å². The standard InChI is InChI=1S/C11H23N3O5S/c1-4-13-20(18,19)7-6-12-11(17)14(5-2)8-9(3)10(15)16/h9,13H,4-8H2,1-3H3,(H,12,17)(H,15,16). The van der Waals surface area contributed by atoms with Gasteiger partial charge in [0.15, 0.2) is 0 Å². The summed E-state index contributed by atoms with van der Waals surface area (Å²) in [6, 6.07) is -0.465. The van der Waals surface area contributed by atoms with Gasteiger partial charge >= 0.3 is 12.0 Å². The molecule has 0 radical (unpaired) electrons. The van der Waals surface area contributed by atoms with E-state index in [1.165, 1.54) is 11.8 Å². The van der Waals surface area contributed by atoms with Gasteiger partial charge in [0, 0.05) is 26.2 Å². The van der Waals surface area contributed by atoms with Gasteiger partial charge in [-0.3, -0.25) is 4.79 Å². The summed E-state index contributed by atoms with van der Waals surface area (Å²) in [5, 5.41) is 11.3. The third kappa shape index (κ3) is 7.29. The maximum absolute atomic E-state index is 11.8. The lowest BCUT2D eigenvalue weighted by Gasteiger charge is -2.23. The maximum Gasteiger partial charge on any atom is 0.317 e. The van der Waals surface area contributed by atoms with E-state index in [9.17, 15) is 18.0 Å². The highest BCUT2D eigenvalue weighted by atomic mass is 32.2. The molecule has 0 aliphatic heterocycles. The number of sulfonamides is 1. The van der Waals surface area contributed by atoms with Gasteiger partial charge in [-0.2, -0.15) is 0 Å². The van der Waals surface area contributed by atoms with Crippen LogP contribution in [-0.2, 0) is 14.8 Å². The largest absolute Gasteiger partial charge is 0.481 e. The van der Waals surface area contributed by atoms with E-state index in [-0.39, 0.29) is 18.8 Å². The van der Waals surface area contributed by atoms with Gasteiger partial charge in [-0.15, -0.1) is 0 Å². The Balaban J connectivity index is 4.27. The highest BCUT2D eigenvalue weighted by Crippen LogP contribution is 2.00. The Bertz CT molecular complexity index is 424. The third-order valence-corrected chi connectivity index (χ3v) is 4.07. The fourth-order valence-corrected chi connectivity index (χ4v) is 2.42. The summed E-state index contributed by atoms with van der Waals surface area (Å²) in [5.41, 5.74) is 0. The normalized spacial score (nSPS) is 12.8. The number of hydrogen-bond acceptors (Lipinski definition) is 4.